The molecular formula is C15H16N2O4. The zero-order valence-corrected chi connectivity index (χ0v) is 11.2. The number of hydrogen-bond acceptors (Lipinski definition) is 5. The summed E-state index contributed by atoms with van der Waals surface area (Å²) in [4.78, 5) is 11.8. The number of amides is 1. The van der Waals surface area contributed by atoms with Gasteiger partial charge in [0.25, 0.3) is 5.91 Å². The molecule has 0 bridgehead atoms. The number of rotatable bonds is 5. The third kappa shape index (κ3) is 4.31. The van der Waals surface area contributed by atoms with E-state index in [1.807, 2.05) is 0 Å². The second-order valence-electron chi connectivity index (χ2n) is 4.41. The van der Waals surface area contributed by atoms with Crippen molar-refractivity contribution in [2.75, 3.05) is 18.9 Å². The van der Waals surface area contributed by atoms with Gasteiger partial charge in [-0.3, -0.25) is 4.79 Å². The predicted molar refractivity (Wildman–Crippen MR) is 78.5 cm³/mol. The van der Waals surface area contributed by atoms with Crippen LogP contribution in [0, 0.1) is 0 Å². The smallest absolute Gasteiger partial charge is 0.251 e. The third-order valence-electron chi connectivity index (χ3n) is 2.70. The number of benzene rings is 2. The number of ether oxygens (including phenoxy) is 1. The number of anilines is 1. The summed E-state index contributed by atoms with van der Waals surface area (Å²) >= 11 is 0. The molecule has 6 heteroatoms. The normalized spacial score (nSPS) is 10.1. The molecule has 0 saturated heterocycles. The van der Waals surface area contributed by atoms with Crippen molar-refractivity contribution in [1.29, 1.82) is 0 Å². The minimum Gasteiger partial charge on any atom is -0.508 e. The lowest BCUT2D eigenvalue weighted by molar-refractivity contribution is 0.0946. The Morgan fingerprint density at radius 3 is 2.33 bits per heavy atom. The summed E-state index contributed by atoms with van der Waals surface area (Å²) in [6, 6.07) is 10.6. The van der Waals surface area contributed by atoms with Crippen molar-refractivity contribution in [3.8, 4) is 17.2 Å². The van der Waals surface area contributed by atoms with Gasteiger partial charge in [-0.1, -0.05) is 0 Å². The number of carbonyl (C=O) groups is 1. The molecule has 0 spiro atoms. The molecule has 0 fully saturated rings. The number of nitrogens with one attached hydrogen (secondary N) is 1. The summed E-state index contributed by atoms with van der Waals surface area (Å²) in [6.07, 6.45) is 0. The molecule has 1 amide bonds. The molecule has 0 radical (unpaired) electrons. The van der Waals surface area contributed by atoms with E-state index in [9.17, 15) is 15.0 Å². The molecule has 0 aliphatic heterocycles. The van der Waals surface area contributed by atoms with Crippen LogP contribution in [0.15, 0.2) is 42.5 Å². The van der Waals surface area contributed by atoms with Crippen LogP contribution in [0.3, 0.4) is 0 Å². The first-order valence-corrected chi connectivity index (χ1v) is 6.34. The van der Waals surface area contributed by atoms with Crippen molar-refractivity contribution in [2.45, 2.75) is 0 Å². The summed E-state index contributed by atoms with van der Waals surface area (Å²) in [7, 11) is 0. The Kier molecular flexibility index (Phi) is 4.50. The zero-order chi connectivity index (χ0) is 15.2. The summed E-state index contributed by atoms with van der Waals surface area (Å²) < 4.78 is 5.43. The van der Waals surface area contributed by atoms with E-state index >= 15 is 0 Å². The third-order valence-corrected chi connectivity index (χ3v) is 2.70. The van der Waals surface area contributed by atoms with E-state index in [2.05, 4.69) is 5.32 Å². The van der Waals surface area contributed by atoms with Crippen molar-refractivity contribution in [2.24, 2.45) is 0 Å². The highest BCUT2D eigenvalue weighted by molar-refractivity contribution is 5.95. The van der Waals surface area contributed by atoms with Crippen LogP contribution >= 0.6 is 0 Å². The second-order valence-corrected chi connectivity index (χ2v) is 4.41. The molecule has 2 rings (SSSR count). The number of nitrogen functional groups attached to an aromatic ring is 1. The first kappa shape index (κ1) is 14.5. The van der Waals surface area contributed by atoms with Crippen LogP contribution in [0.1, 0.15) is 10.4 Å². The largest absolute Gasteiger partial charge is 0.508 e. The molecule has 0 unspecified atom stereocenters. The summed E-state index contributed by atoms with van der Waals surface area (Å²) in [5, 5.41) is 21.2. The van der Waals surface area contributed by atoms with E-state index in [0.717, 1.165) is 6.07 Å². The topological polar surface area (TPSA) is 105 Å². The fourth-order valence-electron chi connectivity index (χ4n) is 1.73. The van der Waals surface area contributed by atoms with Gasteiger partial charge in [0, 0.05) is 17.3 Å². The minimum atomic E-state index is -0.401. The molecule has 5 N–H and O–H groups in total. The SMILES string of the molecule is Nc1ccc(OCCNC(=O)c2cc(O)cc(O)c2)cc1. The lowest BCUT2D eigenvalue weighted by Crippen LogP contribution is -2.28. The van der Waals surface area contributed by atoms with Crippen LogP contribution in [-0.2, 0) is 0 Å². The van der Waals surface area contributed by atoms with Crippen LogP contribution in [0.25, 0.3) is 0 Å². The van der Waals surface area contributed by atoms with Crippen molar-refractivity contribution in [1.82, 2.24) is 5.32 Å². The molecule has 0 aliphatic carbocycles. The van der Waals surface area contributed by atoms with Crippen molar-refractivity contribution >= 4 is 11.6 Å². The van der Waals surface area contributed by atoms with Gasteiger partial charge in [-0.2, -0.15) is 0 Å². The maximum atomic E-state index is 11.8. The van der Waals surface area contributed by atoms with Gasteiger partial charge in [0.1, 0.15) is 23.9 Å². The molecule has 0 heterocycles. The highest BCUT2D eigenvalue weighted by Gasteiger charge is 2.07. The number of aromatic hydroxyl groups is 2. The number of carbonyl (C=O) groups excluding carboxylic acids is 1. The van der Waals surface area contributed by atoms with E-state index in [1.54, 1.807) is 24.3 Å². The molecule has 6 nitrogen and oxygen atoms in total. The molecule has 0 saturated carbocycles. The highest BCUT2D eigenvalue weighted by atomic mass is 16.5. The molecule has 2 aromatic carbocycles. The van der Waals surface area contributed by atoms with Gasteiger partial charge in [-0.25, -0.2) is 0 Å². The van der Waals surface area contributed by atoms with Crippen molar-refractivity contribution < 1.29 is 19.7 Å². The second kappa shape index (κ2) is 6.51. The number of hydrogen-bond donors (Lipinski definition) is 4. The molecular weight excluding hydrogens is 272 g/mol. The van der Waals surface area contributed by atoms with Gasteiger partial charge < -0.3 is 26.0 Å². The number of phenols is 2. The summed E-state index contributed by atoms with van der Waals surface area (Å²) in [5.41, 5.74) is 6.39. The molecule has 0 aliphatic rings. The fraction of sp³-hybridized carbons (Fsp3) is 0.133. The Bertz CT molecular complexity index is 606. The van der Waals surface area contributed by atoms with E-state index in [-0.39, 0.29) is 17.1 Å². The lowest BCUT2D eigenvalue weighted by Gasteiger charge is -2.08. The zero-order valence-electron chi connectivity index (χ0n) is 11.2. The van der Waals surface area contributed by atoms with Crippen molar-refractivity contribution in [3.63, 3.8) is 0 Å². The van der Waals surface area contributed by atoms with E-state index in [4.69, 9.17) is 10.5 Å². The van der Waals surface area contributed by atoms with E-state index < -0.39 is 5.91 Å². The number of phenolic OH excluding ortho intramolecular Hbond substituents is 2. The predicted octanol–water partition coefficient (Wildman–Crippen LogP) is 1.49. The Morgan fingerprint density at radius 1 is 1.10 bits per heavy atom. The van der Waals surface area contributed by atoms with Crippen LogP contribution < -0.4 is 15.8 Å². The molecule has 110 valence electrons. The van der Waals surface area contributed by atoms with Gasteiger partial charge in [-0.05, 0) is 36.4 Å². The quantitative estimate of drug-likeness (QED) is 0.493. The number of nitrogens with two attached hydrogens (primary N) is 1. The summed E-state index contributed by atoms with van der Waals surface area (Å²) in [5.74, 6) is -0.0768. The highest BCUT2D eigenvalue weighted by Crippen LogP contribution is 2.20. The average molecular weight is 288 g/mol. The molecule has 0 atom stereocenters. The lowest BCUT2D eigenvalue weighted by atomic mass is 10.2. The van der Waals surface area contributed by atoms with Gasteiger partial charge in [-0.15, -0.1) is 0 Å². The van der Waals surface area contributed by atoms with Gasteiger partial charge in [0.2, 0.25) is 0 Å². The first-order valence-electron chi connectivity index (χ1n) is 6.34. The average Bonchev–Trinajstić information content (AvgIpc) is 2.44. The van der Waals surface area contributed by atoms with Crippen LogP contribution in [0.2, 0.25) is 0 Å². The first-order chi connectivity index (χ1) is 10.0. The van der Waals surface area contributed by atoms with Gasteiger partial charge >= 0.3 is 0 Å². The van der Waals surface area contributed by atoms with E-state index in [1.165, 1.54) is 12.1 Å². The standard InChI is InChI=1S/C15H16N2O4/c16-11-1-3-14(4-2-11)21-6-5-17-15(20)10-7-12(18)9-13(19)8-10/h1-4,7-9,18-19H,5-6,16H2,(H,17,20). The summed E-state index contributed by atoms with van der Waals surface area (Å²) in [6.45, 7) is 0.583. The van der Waals surface area contributed by atoms with Crippen LogP contribution in [0.4, 0.5) is 5.69 Å². The Balaban J connectivity index is 1.80. The fourth-order valence-corrected chi connectivity index (χ4v) is 1.73. The maximum absolute atomic E-state index is 11.8. The molecule has 0 aromatic heterocycles. The van der Waals surface area contributed by atoms with Gasteiger partial charge in [0.05, 0.1) is 6.54 Å². The molecule has 2 aromatic rings. The monoisotopic (exact) mass is 288 g/mol. The van der Waals surface area contributed by atoms with Crippen molar-refractivity contribution in [3.05, 3.63) is 48.0 Å². The van der Waals surface area contributed by atoms with Crippen LogP contribution in [0.5, 0.6) is 17.2 Å². The maximum Gasteiger partial charge on any atom is 0.251 e. The Hall–Kier alpha value is -2.89. The molecule has 21 heavy (non-hydrogen) atoms. The van der Waals surface area contributed by atoms with Gasteiger partial charge in [0.15, 0.2) is 0 Å². The Labute approximate surface area is 121 Å². The Morgan fingerprint density at radius 2 is 1.71 bits per heavy atom. The minimum absolute atomic E-state index is 0.168. The van der Waals surface area contributed by atoms with Crippen LogP contribution in [-0.4, -0.2) is 29.3 Å². The van der Waals surface area contributed by atoms with E-state index in [0.29, 0.717) is 24.6 Å².